The van der Waals surface area contributed by atoms with Crippen molar-refractivity contribution in [3.05, 3.63) is 23.3 Å². The minimum absolute atomic E-state index is 0.0766. The lowest BCUT2D eigenvalue weighted by atomic mass is 10.1. The Hall–Kier alpha value is -1.90. The summed E-state index contributed by atoms with van der Waals surface area (Å²) in [6, 6.07) is 1.14. The Balaban J connectivity index is 2.02. The number of alkyl halides is 3. The van der Waals surface area contributed by atoms with Gasteiger partial charge in [0.1, 0.15) is 5.82 Å². The number of carbonyl (C=O) groups excluding carboxylic acids is 1. The number of nitrogens with zero attached hydrogens (tertiary/aromatic N) is 3. The number of nitrogens with one attached hydrogen (secondary N) is 1. The molecule has 1 atom stereocenters. The zero-order chi connectivity index (χ0) is 18.1. The van der Waals surface area contributed by atoms with Gasteiger partial charge in [-0.05, 0) is 33.8 Å². The molecule has 0 saturated carbocycles. The van der Waals surface area contributed by atoms with E-state index in [-0.39, 0.29) is 13.1 Å². The van der Waals surface area contributed by atoms with Crippen LogP contribution in [0.15, 0.2) is 6.07 Å². The highest BCUT2D eigenvalue weighted by Crippen LogP contribution is 2.31. The number of aromatic nitrogens is 2. The first-order valence-electron chi connectivity index (χ1n) is 7.55. The number of urea groups is 1. The maximum absolute atomic E-state index is 13.0. The zero-order valence-electron chi connectivity index (χ0n) is 14.1. The molecule has 1 aromatic rings. The molecule has 2 heterocycles. The molecule has 24 heavy (non-hydrogen) atoms. The first-order chi connectivity index (χ1) is 11.0. The van der Waals surface area contributed by atoms with Gasteiger partial charge in [-0.1, -0.05) is 0 Å². The second-order valence-corrected chi connectivity index (χ2v) is 6.49. The number of amides is 2. The lowest BCUT2D eigenvalue weighted by Gasteiger charge is -2.43. The maximum Gasteiger partial charge on any atom is 0.416 e. The van der Waals surface area contributed by atoms with Gasteiger partial charge in [0.15, 0.2) is 6.10 Å². The number of halogens is 3. The highest BCUT2D eigenvalue weighted by Gasteiger charge is 2.49. The van der Waals surface area contributed by atoms with Crippen LogP contribution in [0.3, 0.4) is 0 Å². The Morgan fingerprint density at radius 1 is 1.42 bits per heavy atom. The fourth-order valence-corrected chi connectivity index (χ4v) is 2.67. The van der Waals surface area contributed by atoms with Crippen molar-refractivity contribution in [2.45, 2.75) is 52.1 Å². The molecular weight excluding hydrogens is 325 g/mol. The topological polar surface area (TPSA) is 67.4 Å². The fraction of sp³-hybridized carbons (Fsp3) is 0.667. The second kappa shape index (κ2) is 6.54. The van der Waals surface area contributed by atoms with Crippen molar-refractivity contribution < 1.29 is 22.7 Å². The van der Waals surface area contributed by atoms with Crippen LogP contribution >= 0.6 is 0 Å². The van der Waals surface area contributed by atoms with E-state index in [9.17, 15) is 18.0 Å². The molecule has 2 rings (SSSR count). The van der Waals surface area contributed by atoms with E-state index >= 15 is 0 Å². The van der Waals surface area contributed by atoms with E-state index in [4.69, 9.17) is 4.74 Å². The number of hydrogen-bond donors (Lipinski definition) is 1. The normalized spacial score (nSPS) is 20.8. The summed E-state index contributed by atoms with van der Waals surface area (Å²) in [7, 11) is 0. The van der Waals surface area contributed by atoms with Crippen molar-refractivity contribution >= 4 is 6.03 Å². The summed E-state index contributed by atoms with van der Waals surface area (Å²) in [5.74, 6) is 0.573. The van der Waals surface area contributed by atoms with Crippen LogP contribution in [-0.2, 0) is 11.3 Å². The number of ether oxygens (including phenoxy) is 1. The average molecular weight is 346 g/mol. The van der Waals surface area contributed by atoms with Gasteiger partial charge in [-0.15, -0.1) is 0 Å². The first kappa shape index (κ1) is 18.4. The third-order valence-electron chi connectivity index (χ3n) is 3.51. The first-order valence-corrected chi connectivity index (χ1v) is 7.55. The minimum atomic E-state index is -4.52. The van der Waals surface area contributed by atoms with Gasteiger partial charge in [0.05, 0.1) is 30.9 Å². The molecule has 0 bridgehead atoms. The summed E-state index contributed by atoms with van der Waals surface area (Å²) in [6.07, 6.45) is -6.51. The van der Waals surface area contributed by atoms with Gasteiger partial charge in [0, 0.05) is 5.69 Å². The van der Waals surface area contributed by atoms with Crippen molar-refractivity contribution in [1.29, 1.82) is 0 Å². The van der Waals surface area contributed by atoms with E-state index < -0.39 is 30.5 Å². The fourth-order valence-electron chi connectivity index (χ4n) is 2.67. The molecule has 1 aromatic heterocycles. The van der Waals surface area contributed by atoms with Crippen LogP contribution in [0.5, 0.6) is 0 Å². The highest BCUT2D eigenvalue weighted by atomic mass is 19.4. The Bertz CT molecular complexity index is 599. The number of hydrogen-bond acceptors (Lipinski definition) is 4. The number of aryl methyl sites for hydroxylation is 2. The zero-order valence-corrected chi connectivity index (χ0v) is 14.1. The van der Waals surface area contributed by atoms with E-state index in [0.717, 1.165) is 10.6 Å². The van der Waals surface area contributed by atoms with Crippen molar-refractivity contribution in [1.82, 2.24) is 20.2 Å². The molecule has 0 aliphatic carbocycles. The van der Waals surface area contributed by atoms with Crippen molar-refractivity contribution in [2.24, 2.45) is 0 Å². The van der Waals surface area contributed by atoms with Gasteiger partial charge in [-0.25, -0.2) is 14.8 Å². The van der Waals surface area contributed by atoms with Gasteiger partial charge in [0.25, 0.3) is 0 Å². The van der Waals surface area contributed by atoms with Crippen LogP contribution < -0.4 is 5.32 Å². The molecule has 1 saturated heterocycles. The molecule has 2 amide bonds. The molecule has 1 fully saturated rings. The molecular formula is C15H21F3N4O2. The molecule has 9 heteroatoms. The Kier molecular flexibility index (Phi) is 5.03. The van der Waals surface area contributed by atoms with Crippen LogP contribution in [0.2, 0.25) is 0 Å². The second-order valence-electron chi connectivity index (χ2n) is 6.49. The quantitative estimate of drug-likeness (QED) is 0.893. The third kappa shape index (κ3) is 4.80. The monoisotopic (exact) mass is 346 g/mol. The lowest BCUT2D eigenvalue weighted by Crippen LogP contribution is -2.60. The van der Waals surface area contributed by atoms with Crippen LogP contribution in [-0.4, -0.2) is 51.9 Å². The Labute approximate surface area is 138 Å². The van der Waals surface area contributed by atoms with Gasteiger partial charge in [-0.2, -0.15) is 13.2 Å². The standard InChI is InChI=1S/C15H21F3N4O2/c1-9-5-11(21-10(2)20-9)6-19-13(23)22-7-12(15(16,17)18)24-14(3,4)8-22/h5,12H,6-8H2,1-4H3,(H,19,23)/t12-/m0/s1. The Morgan fingerprint density at radius 3 is 2.67 bits per heavy atom. The van der Waals surface area contributed by atoms with Gasteiger partial charge >= 0.3 is 12.2 Å². The van der Waals surface area contributed by atoms with E-state index in [1.807, 2.05) is 0 Å². The minimum Gasteiger partial charge on any atom is -0.359 e. The summed E-state index contributed by atoms with van der Waals surface area (Å²) in [6.45, 7) is 6.27. The largest absolute Gasteiger partial charge is 0.416 e. The molecule has 0 aromatic carbocycles. The highest BCUT2D eigenvalue weighted by molar-refractivity contribution is 5.74. The smallest absolute Gasteiger partial charge is 0.359 e. The maximum atomic E-state index is 13.0. The van der Waals surface area contributed by atoms with Gasteiger partial charge in [0.2, 0.25) is 0 Å². The molecule has 6 nitrogen and oxygen atoms in total. The van der Waals surface area contributed by atoms with E-state index in [1.165, 1.54) is 13.8 Å². The summed E-state index contributed by atoms with van der Waals surface area (Å²) >= 11 is 0. The molecule has 0 spiro atoms. The Morgan fingerprint density at radius 2 is 2.08 bits per heavy atom. The summed E-state index contributed by atoms with van der Waals surface area (Å²) < 4.78 is 43.9. The van der Waals surface area contributed by atoms with Crippen molar-refractivity contribution in [3.8, 4) is 0 Å². The third-order valence-corrected chi connectivity index (χ3v) is 3.51. The lowest BCUT2D eigenvalue weighted by molar-refractivity contribution is -0.267. The molecule has 1 N–H and O–H groups in total. The van der Waals surface area contributed by atoms with E-state index in [0.29, 0.717) is 11.5 Å². The SMILES string of the molecule is Cc1cc(CNC(=O)N2C[C@@H](C(F)(F)F)OC(C)(C)C2)nc(C)n1. The van der Waals surface area contributed by atoms with Gasteiger partial charge < -0.3 is 15.0 Å². The number of carbonyl (C=O) groups is 1. The van der Waals surface area contributed by atoms with E-state index in [1.54, 1.807) is 19.9 Å². The molecule has 0 radical (unpaired) electrons. The predicted molar refractivity (Wildman–Crippen MR) is 80.3 cm³/mol. The summed E-state index contributed by atoms with van der Waals surface area (Å²) in [5, 5.41) is 2.61. The van der Waals surface area contributed by atoms with Gasteiger partial charge in [-0.3, -0.25) is 0 Å². The van der Waals surface area contributed by atoms with Crippen LogP contribution in [0.25, 0.3) is 0 Å². The van der Waals surface area contributed by atoms with Crippen LogP contribution in [0, 0.1) is 13.8 Å². The average Bonchev–Trinajstić information content (AvgIpc) is 2.41. The number of morpholine rings is 1. The molecule has 134 valence electrons. The molecule has 0 unspecified atom stereocenters. The van der Waals surface area contributed by atoms with E-state index in [2.05, 4.69) is 15.3 Å². The predicted octanol–water partition coefficient (Wildman–Crippen LogP) is 2.34. The van der Waals surface area contributed by atoms with Crippen molar-refractivity contribution in [3.63, 3.8) is 0 Å². The van der Waals surface area contributed by atoms with Crippen LogP contribution in [0.1, 0.15) is 31.1 Å². The summed E-state index contributed by atoms with van der Waals surface area (Å²) in [5.41, 5.74) is 0.294. The molecule has 1 aliphatic heterocycles. The van der Waals surface area contributed by atoms with Crippen LogP contribution in [0.4, 0.5) is 18.0 Å². The number of rotatable bonds is 2. The molecule has 1 aliphatic rings. The summed E-state index contributed by atoms with van der Waals surface area (Å²) in [4.78, 5) is 21.7. The van der Waals surface area contributed by atoms with Crippen molar-refractivity contribution in [2.75, 3.05) is 13.1 Å².